The van der Waals surface area contributed by atoms with Crippen molar-refractivity contribution in [3.63, 3.8) is 0 Å². The van der Waals surface area contributed by atoms with Gasteiger partial charge in [0.15, 0.2) is 6.10 Å². The van der Waals surface area contributed by atoms with Crippen molar-refractivity contribution >= 4 is 12.3 Å². The number of ether oxygens (including phenoxy) is 2. The Morgan fingerprint density at radius 1 is 1.32 bits per heavy atom. The summed E-state index contributed by atoms with van der Waals surface area (Å²) in [5, 5.41) is 0. The standard InChI is InChI=1S/C15H20O4/c1-3-4-10-13(11-16)19-14(15(17)18-2)12-8-6-5-7-9-12/h5-9,11,13-14H,3-4,10H2,1-2H3/t13-,14+/m0/s1. The molecule has 0 bridgehead atoms. The lowest BCUT2D eigenvalue weighted by Gasteiger charge is -2.20. The van der Waals surface area contributed by atoms with E-state index in [1.165, 1.54) is 7.11 Å². The Balaban J connectivity index is 2.80. The molecule has 0 N–H and O–H groups in total. The zero-order chi connectivity index (χ0) is 14.1. The van der Waals surface area contributed by atoms with Crippen LogP contribution in [0.4, 0.5) is 0 Å². The smallest absolute Gasteiger partial charge is 0.339 e. The van der Waals surface area contributed by atoms with Gasteiger partial charge < -0.3 is 14.3 Å². The summed E-state index contributed by atoms with van der Waals surface area (Å²) in [6.07, 6.45) is 1.78. The van der Waals surface area contributed by atoms with Crippen LogP contribution in [0.3, 0.4) is 0 Å². The molecule has 0 aliphatic carbocycles. The van der Waals surface area contributed by atoms with Gasteiger partial charge in [0.1, 0.15) is 12.4 Å². The molecule has 0 saturated carbocycles. The Morgan fingerprint density at radius 3 is 2.53 bits per heavy atom. The highest BCUT2D eigenvalue weighted by atomic mass is 16.6. The fraction of sp³-hybridized carbons (Fsp3) is 0.467. The first-order chi connectivity index (χ1) is 9.22. The van der Waals surface area contributed by atoms with Crippen LogP contribution in [0.25, 0.3) is 0 Å². The van der Waals surface area contributed by atoms with Crippen molar-refractivity contribution in [2.24, 2.45) is 0 Å². The zero-order valence-corrected chi connectivity index (χ0v) is 11.4. The lowest BCUT2D eigenvalue weighted by atomic mass is 10.1. The van der Waals surface area contributed by atoms with E-state index >= 15 is 0 Å². The minimum Gasteiger partial charge on any atom is -0.467 e. The first kappa shape index (κ1) is 15.4. The third-order valence-electron chi connectivity index (χ3n) is 2.82. The van der Waals surface area contributed by atoms with Crippen LogP contribution < -0.4 is 0 Å². The van der Waals surface area contributed by atoms with E-state index in [9.17, 15) is 9.59 Å². The fourth-order valence-electron chi connectivity index (χ4n) is 1.75. The predicted molar refractivity (Wildman–Crippen MR) is 71.7 cm³/mol. The summed E-state index contributed by atoms with van der Waals surface area (Å²) in [7, 11) is 1.31. The molecule has 19 heavy (non-hydrogen) atoms. The van der Waals surface area contributed by atoms with Crippen LogP contribution in [0.15, 0.2) is 30.3 Å². The minimum absolute atomic E-state index is 0.491. The van der Waals surface area contributed by atoms with Crippen LogP contribution in [-0.4, -0.2) is 25.5 Å². The Labute approximate surface area is 113 Å². The molecule has 0 amide bonds. The summed E-state index contributed by atoms with van der Waals surface area (Å²) in [5.41, 5.74) is 0.692. The van der Waals surface area contributed by atoms with Crippen molar-refractivity contribution < 1.29 is 19.1 Å². The molecule has 1 rings (SSSR count). The maximum absolute atomic E-state index is 11.8. The van der Waals surface area contributed by atoms with E-state index < -0.39 is 18.2 Å². The maximum Gasteiger partial charge on any atom is 0.339 e. The van der Waals surface area contributed by atoms with Crippen molar-refractivity contribution in [1.29, 1.82) is 0 Å². The molecule has 0 aromatic heterocycles. The van der Waals surface area contributed by atoms with Crippen LogP contribution in [0.5, 0.6) is 0 Å². The summed E-state index contributed by atoms with van der Waals surface area (Å²) < 4.78 is 10.3. The molecular formula is C15H20O4. The summed E-state index contributed by atoms with van der Waals surface area (Å²) in [4.78, 5) is 22.8. The van der Waals surface area contributed by atoms with Gasteiger partial charge in [0.25, 0.3) is 0 Å². The van der Waals surface area contributed by atoms with E-state index in [2.05, 4.69) is 0 Å². The highest BCUT2D eigenvalue weighted by Crippen LogP contribution is 2.21. The number of benzene rings is 1. The number of hydrogen-bond acceptors (Lipinski definition) is 4. The second-order valence-electron chi connectivity index (χ2n) is 4.27. The molecule has 104 valence electrons. The fourth-order valence-corrected chi connectivity index (χ4v) is 1.75. The molecule has 1 aromatic rings. The van der Waals surface area contributed by atoms with Gasteiger partial charge in [-0.3, -0.25) is 0 Å². The highest BCUT2D eigenvalue weighted by molar-refractivity contribution is 5.76. The van der Waals surface area contributed by atoms with Gasteiger partial charge in [-0.2, -0.15) is 0 Å². The predicted octanol–water partition coefficient (Wildman–Crippen LogP) is 2.68. The van der Waals surface area contributed by atoms with E-state index in [1.807, 2.05) is 25.1 Å². The van der Waals surface area contributed by atoms with Gasteiger partial charge in [-0.1, -0.05) is 50.1 Å². The molecule has 4 heteroatoms. The summed E-state index contributed by atoms with van der Waals surface area (Å²) in [5.74, 6) is -0.491. The van der Waals surface area contributed by atoms with Gasteiger partial charge in [0, 0.05) is 0 Å². The molecule has 0 fully saturated rings. The lowest BCUT2D eigenvalue weighted by Crippen LogP contribution is -2.25. The van der Waals surface area contributed by atoms with Crippen molar-refractivity contribution in [1.82, 2.24) is 0 Å². The molecule has 0 spiro atoms. The van der Waals surface area contributed by atoms with Gasteiger partial charge >= 0.3 is 5.97 Å². The van der Waals surface area contributed by atoms with Gasteiger partial charge in [-0.25, -0.2) is 4.79 Å². The largest absolute Gasteiger partial charge is 0.467 e. The van der Waals surface area contributed by atoms with Gasteiger partial charge in [-0.15, -0.1) is 0 Å². The van der Waals surface area contributed by atoms with E-state index in [4.69, 9.17) is 9.47 Å². The molecule has 0 aliphatic rings. The van der Waals surface area contributed by atoms with E-state index in [-0.39, 0.29) is 0 Å². The molecule has 2 atom stereocenters. The first-order valence-corrected chi connectivity index (χ1v) is 6.46. The molecule has 1 aromatic carbocycles. The quantitative estimate of drug-likeness (QED) is 0.535. The number of hydrogen-bond donors (Lipinski definition) is 0. The van der Waals surface area contributed by atoms with Crippen LogP contribution in [0.2, 0.25) is 0 Å². The monoisotopic (exact) mass is 264 g/mol. The average molecular weight is 264 g/mol. The Bertz CT molecular complexity index is 388. The highest BCUT2D eigenvalue weighted by Gasteiger charge is 2.25. The van der Waals surface area contributed by atoms with E-state index in [1.54, 1.807) is 12.1 Å². The normalized spacial score (nSPS) is 13.6. The number of carbonyl (C=O) groups excluding carboxylic acids is 2. The molecular weight excluding hydrogens is 244 g/mol. The van der Waals surface area contributed by atoms with Crippen molar-refractivity contribution in [2.45, 2.75) is 38.4 Å². The molecule has 0 saturated heterocycles. The number of unbranched alkanes of at least 4 members (excludes halogenated alkanes) is 1. The summed E-state index contributed by atoms with van der Waals surface area (Å²) in [6.45, 7) is 2.04. The SMILES string of the molecule is CCCC[C@@H](C=O)O[C@@H](C(=O)OC)c1ccccc1. The zero-order valence-electron chi connectivity index (χ0n) is 11.4. The Morgan fingerprint density at radius 2 is 2.00 bits per heavy atom. The average Bonchev–Trinajstić information content (AvgIpc) is 2.48. The van der Waals surface area contributed by atoms with Crippen molar-refractivity contribution in [3.8, 4) is 0 Å². The lowest BCUT2D eigenvalue weighted by molar-refractivity contribution is -0.159. The van der Waals surface area contributed by atoms with Gasteiger partial charge in [0.2, 0.25) is 0 Å². The first-order valence-electron chi connectivity index (χ1n) is 6.46. The second-order valence-corrected chi connectivity index (χ2v) is 4.27. The molecule has 4 nitrogen and oxygen atoms in total. The summed E-state index contributed by atoms with van der Waals surface area (Å²) >= 11 is 0. The minimum atomic E-state index is -0.849. The van der Waals surface area contributed by atoms with Gasteiger partial charge in [0.05, 0.1) is 7.11 Å². The van der Waals surface area contributed by atoms with Crippen LogP contribution in [0, 0.1) is 0 Å². The summed E-state index contributed by atoms with van der Waals surface area (Å²) in [6, 6.07) is 9.05. The van der Waals surface area contributed by atoms with E-state index in [0.29, 0.717) is 12.0 Å². The van der Waals surface area contributed by atoms with Gasteiger partial charge in [-0.05, 0) is 12.0 Å². The van der Waals surface area contributed by atoms with E-state index in [0.717, 1.165) is 19.1 Å². The maximum atomic E-state index is 11.8. The number of carbonyl (C=O) groups is 2. The van der Waals surface area contributed by atoms with Crippen LogP contribution >= 0.6 is 0 Å². The Hall–Kier alpha value is -1.68. The van der Waals surface area contributed by atoms with Crippen LogP contribution in [-0.2, 0) is 19.1 Å². The number of methoxy groups -OCH3 is 1. The van der Waals surface area contributed by atoms with Crippen LogP contribution in [0.1, 0.15) is 37.9 Å². The third-order valence-corrected chi connectivity index (χ3v) is 2.82. The third kappa shape index (κ3) is 4.83. The molecule has 0 aliphatic heterocycles. The molecule has 0 radical (unpaired) electrons. The Kier molecular flexibility index (Phi) is 6.82. The number of aldehydes is 1. The number of esters is 1. The van der Waals surface area contributed by atoms with Crippen molar-refractivity contribution in [3.05, 3.63) is 35.9 Å². The van der Waals surface area contributed by atoms with Crippen molar-refractivity contribution in [2.75, 3.05) is 7.11 Å². The topological polar surface area (TPSA) is 52.6 Å². The number of rotatable bonds is 8. The molecule has 0 heterocycles. The molecule has 0 unspecified atom stereocenters. The second kappa shape index (κ2) is 8.43.